The molecule has 9 heteroatoms. The van der Waals surface area contributed by atoms with Gasteiger partial charge in [-0.3, -0.25) is 9.59 Å². The van der Waals surface area contributed by atoms with Gasteiger partial charge in [-0.2, -0.15) is 5.10 Å². The molecule has 0 radical (unpaired) electrons. The molecule has 3 rings (SSSR count). The Bertz CT molecular complexity index is 1200. The highest BCUT2D eigenvalue weighted by Gasteiger charge is 2.16. The predicted octanol–water partition coefficient (Wildman–Crippen LogP) is 4.69. The zero-order chi connectivity index (χ0) is 23.1. The van der Waals surface area contributed by atoms with Crippen molar-refractivity contribution >= 4 is 52.4 Å². The number of benzene rings is 3. The number of carbonyl (C=O) groups is 3. The molecule has 0 aliphatic rings. The highest BCUT2D eigenvalue weighted by atomic mass is 35.5. The van der Waals surface area contributed by atoms with Crippen molar-refractivity contribution in [1.29, 1.82) is 0 Å². The predicted molar refractivity (Wildman–Crippen MR) is 123 cm³/mol. The van der Waals surface area contributed by atoms with Crippen LogP contribution in [0.4, 0.5) is 5.69 Å². The second-order valence-electron chi connectivity index (χ2n) is 6.47. The first-order valence-electron chi connectivity index (χ1n) is 9.32. The second-order valence-corrected chi connectivity index (χ2v) is 7.31. The summed E-state index contributed by atoms with van der Waals surface area (Å²) in [5.74, 6) is -2.27. The zero-order valence-electron chi connectivity index (χ0n) is 16.8. The lowest BCUT2D eigenvalue weighted by Gasteiger charge is -2.10. The maximum absolute atomic E-state index is 12.4. The fourth-order valence-corrected chi connectivity index (χ4v) is 2.94. The molecule has 0 fully saturated rings. The molecule has 2 N–H and O–H groups in total. The molecule has 0 aromatic heterocycles. The van der Waals surface area contributed by atoms with E-state index < -0.39 is 17.8 Å². The third-order valence-corrected chi connectivity index (χ3v) is 4.76. The number of nitrogens with zero attached hydrogens (tertiary/aromatic N) is 1. The molecule has 0 saturated heterocycles. The lowest BCUT2D eigenvalue weighted by molar-refractivity contribution is -0.136. The van der Waals surface area contributed by atoms with Crippen LogP contribution in [-0.4, -0.2) is 23.5 Å². The molecule has 7 nitrogen and oxygen atoms in total. The Hall–Kier alpha value is -3.68. The standard InChI is InChI=1S/C23H17Cl2N3O4/c1-14(27-28-22(30)21(29)26-19-13-16(24)11-12-18(19)25)17-9-5-6-10-20(17)32-23(31)15-7-3-2-4-8-15/h2-13H,1H3,(H,26,29)(H,28,30)/b27-14+. The normalized spacial score (nSPS) is 10.9. The first-order chi connectivity index (χ1) is 15.3. The van der Waals surface area contributed by atoms with E-state index in [9.17, 15) is 14.4 Å². The molecule has 0 unspecified atom stereocenters. The number of ether oxygens (including phenoxy) is 1. The molecule has 0 atom stereocenters. The molecule has 3 aromatic rings. The summed E-state index contributed by atoms with van der Waals surface area (Å²) in [5, 5.41) is 6.88. The van der Waals surface area contributed by atoms with E-state index in [4.69, 9.17) is 27.9 Å². The van der Waals surface area contributed by atoms with E-state index in [1.54, 1.807) is 67.6 Å². The number of amides is 2. The van der Waals surface area contributed by atoms with Crippen LogP contribution in [0.15, 0.2) is 77.9 Å². The van der Waals surface area contributed by atoms with Gasteiger partial charge in [-0.1, -0.05) is 53.5 Å². The molecule has 3 aromatic carbocycles. The van der Waals surface area contributed by atoms with Crippen LogP contribution < -0.4 is 15.5 Å². The summed E-state index contributed by atoms with van der Waals surface area (Å²) in [4.78, 5) is 36.6. The van der Waals surface area contributed by atoms with Crippen LogP contribution >= 0.6 is 23.2 Å². The van der Waals surface area contributed by atoms with E-state index in [2.05, 4.69) is 15.8 Å². The number of anilines is 1. The van der Waals surface area contributed by atoms with E-state index in [0.717, 1.165) is 0 Å². The van der Waals surface area contributed by atoms with Crippen LogP contribution in [0.5, 0.6) is 5.75 Å². The summed E-state index contributed by atoms with van der Waals surface area (Å²) < 4.78 is 5.47. The van der Waals surface area contributed by atoms with Gasteiger partial charge >= 0.3 is 17.8 Å². The second kappa shape index (κ2) is 10.6. The van der Waals surface area contributed by atoms with E-state index in [1.807, 2.05) is 0 Å². The van der Waals surface area contributed by atoms with Gasteiger partial charge in [0.2, 0.25) is 0 Å². The monoisotopic (exact) mass is 469 g/mol. The minimum atomic E-state index is -1.01. The third kappa shape index (κ3) is 5.94. The molecule has 0 saturated carbocycles. The van der Waals surface area contributed by atoms with Gasteiger partial charge in [0.1, 0.15) is 5.75 Å². The SMILES string of the molecule is C/C(=N\NC(=O)C(=O)Nc1cc(Cl)ccc1Cl)c1ccccc1OC(=O)c1ccccc1. The van der Waals surface area contributed by atoms with E-state index in [-0.39, 0.29) is 16.5 Å². The highest BCUT2D eigenvalue weighted by molar-refractivity contribution is 6.42. The van der Waals surface area contributed by atoms with Crippen LogP contribution in [0.2, 0.25) is 10.0 Å². The Morgan fingerprint density at radius 1 is 0.875 bits per heavy atom. The van der Waals surface area contributed by atoms with Crippen LogP contribution in [0.1, 0.15) is 22.8 Å². The van der Waals surface area contributed by atoms with Crippen molar-refractivity contribution < 1.29 is 19.1 Å². The largest absolute Gasteiger partial charge is 0.422 e. The first-order valence-corrected chi connectivity index (χ1v) is 10.1. The first kappa shape index (κ1) is 23.0. The van der Waals surface area contributed by atoms with Crippen molar-refractivity contribution in [3.05, 3.63) is 94.0 Å². The fourth-order valence-electron chi connectivity index (χ4n) is 2.61. The Labute approximate surface area is 194 Å². The number of para-hydroxylation sites is 1. The number of rotatable bonds is 5. The summed E-state index contributed by atoms with van der Waals surface area (Å²) in [6.45, 7) is 1.60. The smallest absolute Gasteiger partial charge is 0.343 e. The molecule has 32 heavy (non-hydrogen) atoms. The third-order valence-electron chi connectivity index (χ3n) is 4.20. The van der Waals surface area contributed by atoms with Gasteiger partial charge in [-0.05, 0) is 49.4 Å². The molecule has 0 heterocycles. The number of hydrogen-bond acceptors (Lipinski definition) is 5. The average Bonchev–Trinajstić information content (AvgIpc) is 2.80. The van der Waals surface area contributed by atoms with E-state index in [0.29, 0.717) is 21.9 Å². The lowest BCUT2D eigenvalue weighted by Crippen LogP contribution is -2.33. The van der Waals surface area contributed by atoms with E-state index >= 15 is 0 Å². The van der Waals surface area contributed by atoms with Crippen molar-refractivity contribution in [3.63, 3.8) is 0 Å². The molecule has 162 valence electrons. The minimum Gasteiger partial charge on any atom is -0.422 e. The molecule has 0 aliphatic heterocycles. The van der Waals surface area contributed by atoms with Crippen molar-refractivity contribution in [2.75, 3.05) is 5.32 Å². The van der Waals surface area contributed by atoms with Gasteiger partial charge in [0, 0.05) is 10.6 Å². The highest BCUT2D eigenvalue weighted by Crippen LogP contribution is 2.25. The molecule has 2 amide bonds. The van der Waals surface area contributed by atoms with Crippen molar-refractivity contribution in [2.45, 2.75) is 6.92 Å². The fraction of sp³-hybridized carbons (Fsp3) is 0.0435. The summed E-state index contributed by atoms with van der Waals surface area (Å²) in [7, 11) is 0. The Morgan fingerprint density at radius 2 is 1.56 bits per heavy atom. The number of esters is 1. The van der Waals surface area contributed by atoms with Crippen LogP contribution in [-0.2, 0) is 9.59 Å². The minimum absolute atomic E-state index is 0.193. The summed E-state index contributed by atoms with van der Waals surface area (Å²) in [6.07, 6.45) is 0. The van der Waals surface area contributed by atoms with E-state index in [1.165, 1.54) is 12.1 Å². The summed E-state index contributed by atoms with van der Waals surface area (Å²) in [5.41, 5.74) is 3.54. The Morgan fingerprint density at radius 3 is 2.31 bits per heavy atom. The summed E-state index contributed by atoms with van der Waals surface area (Å²) >= 11 is 11.9. The van der Waals surface area contributed by atoms with Crippen LogP contribution in [0.3, 0.4) is 0 Å². The number of carbonyl (C=O) groups excluding carboxylic acids is 3. The molecular weight excluding hydrogens is 453 g/mol. The van der Waals surface area contributed by atoms with Crippen LogP contribution in [0.25, 0.3) is 0 Å². The maximum Gasteiger partial charge on any atom is 0.343 e. The number of halogens is 2. The molecule has 0 bridgehead atoms. The topological polar surface area (TPSA) is 96.9 Å². The van der Waals surface area contributed by atoms with Crippen LogP contribution in [0, 0.1) is 0 Å². The van der Waals surface area contributed by atoms with Gasteiger partial charge in [-0.15, -0.1) is 0 Å². The summed E-state index contributed by atoms with van der Waals surface area (Å²) in [6, 6.07) is 19.7. The van der Waals surface area contributed by atoms with Gasteiger partial charge in [0.15, 0.2) is 0 Å². The van der Waals surface area contributed by atoms with Gasteiger partial charge in [0.25, 0.3) is 0 Å². The molecule has 0 spiro atoms. The van der Waals surface area contributed by atoms with Gasteiger partial charge in [-0.25, -0.2) is 10.2 Å². The quantitative estimate of drug-likeness (QED) is 0.186. The number of hydrogen-bond donors (Lipinski definition) is 2. The van der Waals surface area contributed by atoms with Crippen molar-refractivity contribution in [2.24, 2.45) is 5.10 Å². The molecular formula is C23H17Cl2N3O4. The van der Waals surface area contributed by atoms with Gasteiger partial charge < -0.3 is 10.1 Å². The maximum atomic E-state index is 12.4. The Kier molecular flexibility index (Phi) is 7.59. The Balaban J connectivity index is 1.69. The zero-order valence-corrected chi connectivity index (χ0v) is 18.3. The van der Waals surface area contributed by atoms with Crippen molar-refractivity contribution in [3.8, 4) is 5.75 Å². The lowest BCUT2D eigenvalue weighted by atomic mass is 10.1. The molecule has 0 aliphatic carbocycles. The average molecular weight is 470 g/mol. The number of hydrazone groups is 1. The number of nitrogens with one attached hydrogen (secondary N) is 2. The van der Waals surface area contributed by atoms with Crippen molar-refractivity contribution in [1.82, 2.24) is 5.43 Å². The van der Waals surface area contributed by atoms with Gasteiger partial charge in [0.05, 0.1) is 22.0 Å².